The lowest BCUT2D eigenvalue weighted by Gasteiger charge is -2.14. The predicted molar refractivity (Wildman–Crippen MR) is 142 cm³/mol. The number of hydrogen-bond acceptors (Lipinski definition) is 7. The van der Waals surface area contributed by atoms with Gasteiger partial charge in [0.05, 0.1) is 31.2 Å². The second kappa shape index (κ2) is 10.8. The Bertz CT molecular complexity index is 1530. The molecule has 4 aromatic carbocycles. The SMILES string of the molecule is CNC(=O)c1ccc(C)c(/N=N/c2c(O)c(C(=O)Nc3cc(OC)ccc3OC)cc3ccccc23)c1. The molecule has 4 rings (SSSR count). The van der Waals surface area contributed by atoms with Gasteiger partial charge in [0.25, 0.3) is 11.8 Å². The highest BCUT2D eigenvalue weighted by Gasteiger charge is 2.20. The first-order chi connectivity index (χ1) is 17.9. The van der Waals surface area contributed by atoms with Gasteiger partial charge in [-0.05, 0) is 48.2 Å². The van der Waals surface area contributed by atoms with Gasteiger partial charge in [0.15, 0.2) is 5.75 Å². The Labute approximate surface area is 213 Å². The maximum atomic E-state index is 13.3. The van der Waals surface area contributed by atoms with Gasteiger partial charge in [-0.15, -0.1) is 5.11 Å². The van der Waals surface area contributed by atoms with Crippen LogP contribution in [0.2, 0.25) is 0 Å². The number of hydrogen-bond donors (Lipinski definition) is 3. The molecule has 0 fully saturated rings. The number of carbonyl (C=O) groups is 2. The quantitative estimate of drug-likeness (QED) is 0.274. The van der Waals surface area contributed by atoms with Crippen molar-refractivity contribution in [3.8, 4) is 17.2 Å². The Morgan fingerprint density at radius 2 is 1.68 bits per heavy atom. The first-order valence-corrected chi connectivity index (χ1v) is 11.4. The molecule has 9 nitrogen and oxygen atoms in total. The molecule has 0 aromatic heterocycles. The first kappa shape index (κ1) is 25.2. The van der Waals surface area contributed by atoms with E-state index >= 15 is 0 Å². The van der Waals surface area contributed by atoms with Crippen LogP contribution in [0.5, 0.6) is 17.2 Å². The number of benzene rings is 4. The van der Waals surface area contributed by atoms with Crippen LogP contribution in [-0.4, -0.2) is 38.2 Å². The zero-order valence-electron chi connectivity index (χ0n) is 20.8. The summed E-state index contributed by atoms with van der Waals surface area (Å²) in [7, 11) is 4.56. The van der Waals surface area contributed by atoms with Crippen LogP contribution in [0, 0.1) is 6.92 Å². The fraction of sp³-hybridized carbons (Fsp3) is 0.143. The fourth-order valence-corrected chi connectivity index (χ4v) is 3.80. The number of fused-ring (bicyclic) bond motifs is 1. The molecule has 0 heterocycles. The molecule has 3 N–H and O–H groups in total. The Morgan fingerprint density at radius 1 is 0.892 bits per heavy atom. The average Bonchev–Trinajstić information content (AvgIpc) is 2.92. The van der Waals surface area contributed by atoms with Crippen LogP contribution in [0.3, 0.4) is 0 Å². The molecule has 2 amide bonds. The molecule has 0 aliphatic carbocycles. The molecule has 0 aliphatic rings. The van der Waals surface area contributed by atoms with E-state index in [0.717, 1.165) is 5.56 Å². The molecule has 0 saturated carbocycles. The number of nitrogens with one attached hydrogen (secondary N) is 2. The highest BCUT2D eigenvalue weighted by atomic mass is 16.5. The third-order valence-electron chi connectivity index (χ3n) is 5.85. The molecule has 188 valence electrons. The van der Waals surface area contributed by atoms with E-state index in [2.05, 4.69) is 20.9 Å². The van der Waals surface area contributed by atoms with E-state index < -0.39 is 5.91 Å². The first-order valence-electron chi connectivity index (χ1n) is 11.4. The molecule has 37 heavy (non-hydrogen) atoms. The van der Waals surface area contributed by atoms with Gasteiger partial charge in [0.2, 0.25) is 0 Å². The van der Waals surface area contributed by atoms with Crippen molar-refractivity contribution in [3.05, 3.63) is 83.4 Å². The molecule has 0 atom stereocenters. The van der Waals surface area contributed by atoms with Gasteiger partial charge in [-0.3, -0.25) is 9.59 Å². The number of phenols is 1. The van der Waals surface area contributed by atoms with E-state index in [1.165, 1.54) is 14.2 Å². The monoisotopic (exact) mass is 498 g/mol. The number of phenolic OH excluding ortho intramolecular Hbond substituents is 1. The summed E-state index contributed by atoms with van der Waals surface area (Å²) in [6.07, 6.45) is 0. The molecular formula is C28H26N4O5. The van der Waals surface area contributed by atoms with E-state index in [9.17, 15) is 14.7 Å². The molecule has 0 radical (unpaired) electrons. The summed E-state index contributed by atoms with van der Waals surface area (Å²) in [5.74, 6) is -0.189. The Balaban J connectivity index is 1.78. The highest BCUT2D eigenvalue weighted by molar-refractivity contribution is 6.12. The molecule has 0 bridgehead atoms. The van der Waals surface area contributed by atoms with Gasteiger partial charge in [0, 0.05) is 24.1 Å². The van der Waals surface area contributed by atoms with Crippen molar-refractivity contribution in [1.29, 1.82) is 0 Å². The van der Waals surface area contributed by atoms with Crippen LogP contribution in [0.25, 0.3) is 10.8 Å². The largest absolute Gasteiger partial charge is 0.505 e. The predicted octanol–water partition coefficient (Wildman–Crippen LogP) is 5.90. The van der Waals surface area contributed by atoms with E-state index in [1.54, 1.807) is 61.6 Å². The van der Waals surface area contributed by atoms with Crippen molar-refractivity contribution in [3.63, 3.8) is 0 Å². The van der Waals surface area contributed by atoms with Crippen LogP contribution in [0.1, 0.15) is 26.3 Å². The van der Waals surface area contributed by atoms with Crippen LogP contribution < -0.4 is 20.1 Å². The van der Waals surface area contributed by atoms with Crippen molar-refractivity contribution in [2.75, 3.05) is 26.6 Å². The Hall–Kier alpha value is -4.92. The second-order valence-electron chi connectivity index (χ2n) is 8.14. The van der Waals surface area contributed by atoms with E-state index in [-0.39, 0.29) is 22.9 Å². The zero-order chi connectivity index (χ0) is 26.5. The lowest BCUT2D eigenvalue weighted by molar-refractivity contribution is 0.0962. The molecule has 0 saturated heterocycles. The third kappa shape index (κ3) is 5.20. The number of azo groups is 1. The smallest absolute Gasteiger partial charge is 0.259 e. The van der Waals surface area contributed by atoms with Crippen molar-refractivity contribution < 1.29 is 24.2 Å². The summed E-state index contributed by atoms with van der Waals surface area (Å²) in [5, 5.41) is 26.4. The minimum absolute atomic E-state index is 0.00774. The van der Waals surface area contributed by atoms with Crippen LogP contribution in [-0.2, 0) is 0 Å². The van der Waals surface area contributed by atoms with E-state index in [0.29, 0.717) is 39.2 Å². The summed E-state index contributed by atoms with van der Waals surface area (Å²) < 4.78 is 10.6. The molecule has 9 heteroatoms. The third-order valence-corrected chi connectivity index (χ3v) is 5.85. The topological polar surface area (TPSA) is 122 Å². The number of aromatic hydroxyl groups is 1. The van der Waals surface area contributed by atoms with Crippen LogP contribution in [0.15, 0.2) is 77.0 Å². The van der Waals surface area contributed by atoms with Gasteiger partial charge < -0.3 is 25.2 Å². The number of methoxy groups -OCH3 is 2. The molecular weight excluding hydrogens is 472 g/mol. The van der Waals surface area contributed by atoms with Gasteiger partial charge >= 0.3 is 0 Å². The van der Waals surface area contributed by atoms with Gasteiger partial charge in [-0.25, -0.2) is 0 Å². The summed E-state index contributed by atoms with van der Waals surface area (Å²) in [5.41, 5.74) is 2.19. The van der Waals surface area contributed by atoms with Crippen molar-refractivity contribution in [2.45, 2.75) is 6.92 Å². The fourth-order valence-electron chi connectivity index (χ4n) is 3.80. The average molecular weight is 499 g/mol. The number of ether oxygens (including phenoxy) is 2. The zero-order valence-corrected chi connectivity index (χ0v) is 20.8. The Morgan fingerprint density at radius 3 is 2.41 bits per heavy atom. The number of rotatable bonds is 7. The minimum atomic E-state index is -0.566. The molecule has 0 spiro atoms. The van der Waals surface area contributed by atoms with Crippen molar-refractivity contribution in [1.82, 2.24) is 5.32 Å². The molecule has 4 aromatic rings. The number of anilines is 1. The minimum Gasteiger partial charge on any atom is -0.505 e. The van der Waals surface area contributed by atoms with E-state index in [1.807, 2.05) is 19.1 Å². The van der Waals surface area contributed by atoms with Crippen molar-refractivity contribution >= 4 is 39.6 Å². The van der Waals surface area contributed by atoms with Crippen molar-refractivity contribution in [2.24, 2.45) is 10.2 Å². The number of nitrogens with zero attached hydrogens (tertiary/aromatic N) is 2. The lowest BCUT2D eigenvalue weighted by Crippen LogP contribution is -2.17. The van der Waals surface area contributed by atoms with Crippen LogP contribution >= 0.6 is 0 Å². The van der Waals surface area contributed by atoms with Gasteiger partial charge in [0.1, 0.15) is 17.2 Å². The lowest BCUT2D eigenvalue weighted by atomic mass is 10.0. The second-order valence-corrected chi connectivity index (χ2v) is 8.14. The standard InChI is InChI=1S/C28H26N4O5/c1-16-9-10-18(27(34)29-2)14-22(16)31-32-25-20-8-6-5-7-17(20)13-21(26(25)33)28(35)30-23-15-19(36-3)11-12-24(23)37-4/h5-15,33H,1-4H3,(H,29,34)(H,30,35)/b32-31+. The summed E-state index contributed by atoms with van der Waals surface area (Å²) in [4.78, 5) is 25.3. The normalized spacial score (nSPS) is 10.9. The molecule has 0 aliphatic heterocycles. The number of amides is 2. The summed E-state index contributed by atoms with van der Waals surface area (Å²) in [6, 6.07) is 18.9. The molecule has 0 unspecified atom stereocenters. The Kier molecular flexibility index (Phi) is 7.34. The highest BCUT2D eigenvalue weighted by Crippen LogP contribution is 2.40. The summed E-state index contributed by atoms with van der Waals surface area (Å²) >= 11 is 0. The van der Waals surface area contributed by atoms with Gasteiger partial charge in [-0.1, -0.05) is 30.3 Å². The van der Waals surface area contributed by atoms with Crippen LogP contribution in [0.4, 0.5) is 17.1 Å². The van der Waals surface area contributed by atoms with E-state index in [4.69, 9.17) is 9.47 Å². The van der Waals surface area contributed by atoms with Gasteiger partial charge in [-0.2, -0.15) is 5.11 Å². The number of carbonyl (C=O) groups excluding carboxylic acids is 2. The maximum Gasteiger partial charge on any atom is 0.259 e. The maximum absolute atomic E-state index is 13.3. The summed E-state index contributed by atoms with van der Waals surface area (Å²) in [6.45, 7) is 1.84. The number of aryl methyl sites for hydroxylation is 1.